The fourth-order valence-electron chi connectivity index (χ4n) is 1.85. The Balaban J connectivity index is 2.36. The van der Waals surface area contributed by atoms with E-state index < -0.39 is 10.0 Å². The predicted molar refractivity (Wildman–Crippen MR) is 63.2 cm³/mol. The zero-order chi connectivity index (χ0) is 11.9. The molecule has 16 heavy (non-hydrogen) atoms. The Kier molecular flexibility index (Phi) is 2.79. The second-order valence-corrected chi connectivity index (χ2v) is 7.35. The van der Waals surface area contributed by atoms with Gasteiger partial charge in [0.2, 0.25) is 10.0 Å². The Labute approximate surface area is 98.9 Å². The number of sulfonamides is 1. The van der Waals surface area contributed by atoms with Crippen LogP contribution in [0.5, 0.6) is 0 Å². The maximum Gasteiger partial charge on any atom is 0.268 e. The number of hydrogen-bond donors (Lipinski definition) is 0. The summed E-state index contributed by atoms with van der Waals surface area (Å²) in [6.45, 7) is 4.07. The van der Waals surface area contributed by atoms with E-state index in [2.05, 4.69) is 0 Å². The molecule has 1 fully saturated rings. The Hall–Kier alpha value is -0.880. The molecule has 0 atom stereocenters. The van der Waals surface area contributed by atoms with Gasteiger partial charge in [-0.05, 0) is 26.3 Å². The summed E-state index contributed by atoms with van der Waals surface area (Å²) in [6, 6.07) is 1.76. The zero-order valence-electron chi connectivity index (χ0n) is 9.19. The molecular weight excluding hydrogens is 246 g/mol. The van der Waals surface area contributed by atoms with Crippen molar-refractivity contribution in [2.24, 2.45) is 0 Å². The molecule has 0 unspecified atom stereocenters. The predicted octanol–water partition coefficient (Wildman–Crippen LogP) is 1.54. The first-order valence-corrected chi connectivity index (χ1v) is 7.46. The molecule has 88 valence electrons. The molecule has 4 nitrogen and oxygen atoms in total. The van der Waals surface area contributed by atoms with E-state index in [4.69, 9.17) is 0 Å². The van der Waals surface area contributed by atoms with E-state index in [-0.39, 0.29) is 11.7 Å². The second-order valence-electron chi connectivity index (χ2n) is 3.87. The number of thiophene rings is 1. The first-order chi connectivity index (χ1) is 7.42. The average molecular weight is 259 g/mol. The topological polar surface area (TPSA) is 54.5 Å². The van der Waals surface area contributed by atoms with E-state index in [0.29, 0.717) is 18.5 Å². The van der Waals surface area contributed by atoms with Gasteiger partial charge in [-0.25, -0.2) is 12.7 Å². The van der Waals surface area contributed by atoms with Gasteiger partial charge in [0.1, 0.15) is 0 Å². The zero-order valence-corrected chi connectivity index (χ0v) is 10.8. The van der Waals surface area contributed by atoms with Crippen LogP contribution >= 0.6 is 11.3 Å². The first kappa shape index (κ1) is 11.6. The van der Waals surface area contributed by atoms with E-state index in [9.17, 15) is 13.2 Å². The SMILES string of the molecule is Cc1cc(C(=O)N2CCCS2(=O)=O)c(C)s1. The molecule has 0 bridgehead atoms. The smallest absolute Gasteiger partial charge is 0.268 e. The largest absolute Gasteiger partial charge is 0.268 e. The van der Waals surface area contributed by atoms with Crippen LogP contribution in [0.2, 0.25) is 0 Å². The number of nitrogens with zero attached hydrogens (tertiary/aromatic N) is 1. The molecule has 0 aromatic carbocycles. The van der Waals surface area contributed by atoms with Crippen LogP contribution in [-0.4, -0.2) is 30.9 Å². The molecule has 2 rings (SSSR count). The highest BCUT2D eigenvalue weighted by molar-refractivity contribution is 7.89. The molecule has 1 saturated heterocycles. The Morgan fingerprint density at radius 2 is 2.12 bits per heavy atom. The lowest BCUT2D eigenvalue weighted by atomic mass is 10.2. The first-order valence-electron chi connectivity index (χ1n) is 5.03. The van der Waals surface area contributed by atoms with Crippen molar-refractivity contribution < 1.29 is 13.2 Å². The fourth-order valence-corrected chi connectivity index (χ4v) is 4.23. The van der Waals surface area contributed by atoms with Crippen molar-refractivity contribution in [3.05, 3.63) is 21.4 Å². The van der Waals surface area contributed by atoms with Gasteiger partial charge in [0.25, 0.3) is 5.91 Å². The van der Waals surface area contributed by atoms with Crippen LogP contribution < -0.4 is 0 Å². The van der Waals surface area contributed by atoms with Crippen molar-refractivity contribution in [1.29, 1.82) is 0 Å². The maximum absolute atomic E-state index is 12.1. The van der Waals surface area contributed by atoms with Crippen molar-refractivity contribution in [2.45, 2.75) is 20.3 Å². The van der Waals surface area contributed by atoms with Crippen molar-refractivity contribution in [3.63, 3.8) is 0 Å². The lowest BCUT2D eigenvalue weighted by molar-refractivity contribution is 0.0870. The number of carbonyl (C=O) groups is 1. The average Bonchev–Trinajstić information content (AvgIpc) is 2.68. The monoisotopic (exact) mass is 259 g/mol. The quantitative estimate of drug-likeness (QED) is 0.768. The summed E-state index contributed by atoms with van der Waals surface area (Å²) in [5.41, 5.74) is 0.521. The van der Waals surface area contributed by atoms with E-state index >= 15 is 0 Å². The minimum atomic E-state index is -3.35. The normalized spacial score (nSPS) is 19.0. The minimum Gasteiger partial charge on any atom is -0.268 e. The van der Waals surface area contributed by atoms with Crippen LogP contribution in [0.4, 0.5) is 0 Å². The summed E-state index contributed by atoms with van der Waals surface area (Å²) in [7, 11) is -3.35. The van der Waals surface area contributed by atoms with Gasteiger partial charge in [-0.2, -0.15) is 0 Å². The highest BCUT2D eigenvalue weighted by atomic mass is 32.2. The van der Waals surface area contributed by atoms with Gasteiger partial charge in [0.05, 0.1) is 11.3 Å². The van der Waals surface area contributed by atoms with Crippen LogP contribution in [0.3, 0.4) is 0 Å². The number of carbonyl (C=O) groups excluding carboxylic acids is 1. The third kappa shape index (κ3) is 1.87. The number of amides is 1. The highest BCUT2D eigenvalue weighted by Crippen LogP contribution is 2.25. The number of rotatable bonds is 1. The van der Waals surface area contributed by atoms with Gasteiger partial charge in [0.15, 0.2) is 0 Å². The van der Waals surface area contributed by atoms with Crippen molar-refractivity contribution in [3.8, 4) is 0 Å². The summed E-state index contributed by atoms with van der Waals surface area (Å²) in [5.74, 6) is -0.291. The molecule has 6 heteroatoms. The van der Waals surface area contributed by atoms with Gasteiger partial charge in [-0.1, -0.05) is 0 Å². The van der Waals surface area contributed by atoms with E-state index in [1.807, 2.05) is 13.8 Å². The van der Waals surface area contributed by atoms with Crippen molar-refractivity contribution >= 4 is 27.3 Å². The van der Waals surface area contributed by atoms with E-state index in [1.165, 1.54) is 11.3 Å². The number of hydrogen-bond acceptors (Lipinski definition) is 4. The lowest BCUT2D eigenvalue weighted by Crippen LogP contribution is -2.32. The van der Waals surface area contributed by atoms with Gasteiger partial charge in [-0.3, -0.25) is 4.79 Å². The molecule has 0 radical (unpaired) electrons. The summed E-state index contributed by atoms with van der Waals surface area (Å²) < 4.78 is 24.2. The van der Waals surface area contributed by atoms with Crippen molar-refractivity contribution in [2.75, 3.05) is 12.3 Å². The van der Waals surface area contributed by atoms with Crippen LogP contribution in [0, 0.1) is 13.8 Å². The van der Waals surface area contributed by atoms with Crippen LogP contribution in [0.15, 0.2) is 6.07 Å². The van der Waals surface area contributed by atoms with Crippen LogP contribution in [0.25, 0.3) is 0 Å². The second kappa shape index (κ2) is 3.85. The molecule has 1 amide bonds. The van der Waals surface area contributed by atoms with Gasteiger partial charge in [0, 0.05) is 16.3 Å². The molecule has 0 saturated carbocycles. The number of aryl methyl sites for hydroxylation is 2. The molecule has 1 aromatic rings. The van der Waals surface area contributed by atoms with E-state index in [1.54, 1.807) is 6.07 Å². The Morgan fingerprint density at radius 1 is 1.44 bits per heavy atom. The molecule has 1 aliphatic heterocycles. The summed E-state index contributed by atoms with van der Waals surface area (Å²) >= 11 is 1.51. The molecule has 2 heterocycles. The van der Waals surface area contributed by atoms with E-state index in [0.717, 1.165) is 14.1 Å². The van der Waals surface area contributed by atoms with Gasteiger partial charge < -0.3 is 0 Å². The highest BCUT2D eigenvalue weighted by Gasteiger charge is 2.34. The Bertz CT molecular complexity index is 530. The van der Waals surface area contributed by atoms with Gasteiger partial charge >= 0.3 is 0 Å². The molecule has 0 spiro atoms. The van der Waals surface area contributed by atoms with Gasteiger partial charge in [-0.15, -0.1) is 11.3 Å². The summed E-state index contributed by atoms with van der Waals surface area (Å²) in [6.07, 6.45) is 0.538. The third-order valence-electron chi connectivity index (χ3n) is 2.60. The molecule has 1 aromatic heterocycles. The molecule has 0 N–H and O–H groups in total. The van der Waals surface area contributed by atoms with Crippen molar-refractivity contribution in [1.82, 2.24) is 4.31 Å². The summed E-state index contributed by atoms with van der Waals surface area (Å²) in [5, 5.41) is 0. The molecule has 0 aliphatic carbocycles. The molecule has 1 aliphatic rings. The third-order valence-corrected chi connectivity index (χ3v) is 5.39. The lowest BCUT2D eigenvalue weighted by Gasteiger charge is -2.14. The van der Waals surface area contributed by atoms with Crippen LogP contribution in [0.1, 0.15) is 26.5 Å². The summed E-state index contributed by atoms with van der Waals surface area (Å²) in [4.78, 5) is 14.0. The Morgan fingerprint density at radius 3 is 2.56 bits per heavy atom. The molecular formula is C10H13NO3S2. The maximum atomic E-state index is 12.1. The minimum absolute atomic E-state index is 0.0842. The van der Waals surface area contributed by atoms with Crippen LogP contribution in [-0.2, 0) is 10.0 Å². The standard InChI is InChI=1S/C10H13NO3S2/c1-7-6-9(8(2)15-7)10(12)11-4-3-5-16(11,13)14/h6H,3-5H2,1-2H3. The fraction of sp³-hybridized carbons (Fsp3) is 0.500.